The highest BCUT2D eigenvalue weighted by atomic mass is 16.6. The Balaban J connectivity index is 1.14. The summed E-state index contributed by atoms with van der Waals surface area (Å²) >= 11 is 0. The van der Waals surface area contributed by atoms with E-state index in [1.54, 1.807) is 0 Å². The highest BCUT2D eigenvalue weighted by Gasteiger charge is 2.40. The fourth-order valence-electron chi connectivity index (χ4n) is 7.27. The molecule has 3 rings (SSSR count). The summed E-state index contributed by atoms with van der Waals surface area (Å²) in [5.41, 5.74) is 0.828. The van der Waals surface area contributed by atoms with Crippen molar-refractivity contribution in [3.05, 3.63) is 11.6 Å². The average Bonchev–Trinajstić information content (AvgIpc) is 3.76. The number of esters is 1. The van der Waals surface area contributed by atoms with Gasteiger partial charge in [-0.25, -0.2) is 4.79 Å². The molecule has 44 heavy (non-hydrogen) atoms. The molecule has 3 N–H and O–H groups in total. The summed E-state index contributed by atoms with van der Waals surface area (Å²) in [5, 5.41) is 31.8. The van der Waals surface area contributed by atoms with Crippen LogP contribution in [0, 0.1) is 0 Å². The summed E-state index contributed by atoms with van der Waals surface area (Å²) < 4.78 is 17.7. The minimum atomic E-state index is -0.466. The van der Waals surface area contributed by atoms with Crippen LogP contribution in [0.5, 0.6) is 0 Å². The summed E-state index contributed by atoms with van der Waals surface area (Å²) in [7, 11) is 0. The third-order valence-corrected chi connectivity index (χ3v) is 10.1. The minimum Gasteiger partial charge on any atom is -0.455 e. The van der Waals surface area contributed by atoms with Crippen LogP contribution in [0.25, 0.3) is 0 Å². The third-order valence-electron chi connectivity index (χ3n) is 10.1. The lowest BCUT2D eigenvalue weighted by Gasteiger charge is -2.24. The number of aliphatic hydroxyl groups is 3. The Morgan fingerprint density at radius 1 is 0.659 bits per heavy atom. The van der Waals surface area contributed by atoms with Crippen LogP contribution >= 0.6 is 0 Å². The summed E-state index contributed by atoms with van der Waals surface area (Å²) in [6, 6.07) is 0. The van der Waals surface area contributed by atoms with Gasteiger partial charge < -0.3 is 29.5 Å². The van der Waals surface area contributed by atoms with E-state index in [-0.39, 0.29) is 48.7 Å². The Hall–Kier alpha value is -0.990. The van der Waals surface area contributed by atoms with Crippen molar-refractivity contribution in [2.24, 2.45) is 0 Å². The van der Waals surface area contributed by atoms with Gasteiger partial charge in [-0.1, -0.05) is 96.8 Å². The molecule has 0 radical (unpaired) electrons. The van der Waals surface area contributed by atoms with Gasteiger partial charge in [-0.15, -0.1) is 0 Å². The van der Waals surface area contributed by atoms with Gasteiger partial charge in [-0.05, 0) is 77.2 Å². The van der Waals surface area contributed by atoms with E-state index in [1.165, 1.54) is 44.9 Å². The standard InChI is InChI=1S/C37H66O7/c1-3-4-5-6-7-8-12-15-21-31(39)33-23-25-35(43-33)36-26-24-34(44-36)32(40)22-17-16-20-30(38)19-14-11-9-10-13-18-29-27-28(2)42-37(29)41/h27-28,30-36,38-40H,3-26H2,1-2H3/t28-,30-,31-,32-,33-,34+,35-,36-/m1/s1. The number of hydrogen-bond donors (Lipinski definition) is 3. The van der Waals surface area contributed by atoms with Crippen molar-refractivity contribution in [1.82, 2.24) is 0 Å². The van der Waals surface area contributed by atoms with E-state index in [4.69, 9.17) is 14.2 Å². The maximum atomic E-state index is 11.6. The van der Waals surface area contributed by atoms with Crippen LogP contribution in [0.1, 0.15) is 168 Å². The molecule has 0 unspecified atom stereocenters. The zero-order valence-corrected chi connectivity index (χ0v) is 28.1. The number of rotatable bonds is 25. The molecular formula is C37H66O7. The molecule has 0 amide bonds. The molecule has 3 aliphatic rings. The van der Waals surface area contributed by atoms with Crippen molar-refractivity contribution in [2.75, 3.05) is 0 Å². The van der Waals surface area contributed by atoms with E-state index in [0.29, 0.717) is 6.42 Å². The predicted molar refractivity (Wildman–Crippen MR) is 175 cm³/mol. The maximum absolute atomic E-state index is 11.6. The van der Waals surface area contributed by atoms with Crippen LogP contribution in [0.3, 0.4) is 0 Å². The van der Waals surface area contributed by atoms with E-state index < -0.39 is 6.10 Å². The summed E-state index contributed by atoms with van der Waals surface area (Å²) in [6.45, 7) is 4.14. The Labute approximate surface area is 268 Å². The van der Waals surface area contributed by atoms with Crippen LogP contribution in [-0.2, 0) is 19.0 Å². The molecule has 0 aromatic carbocycles. The summed E-state index contributed by atoms with van der Waals surface area (Å²) in [5.74, 6) is -0.152. The molecule has 2 saturated heterocycles. The molecule has 8 atom stereocenters. The summed E-state index contributed by atoms with van der Waals surface area (Å²) in [6.07, 6.45) is 25.6. The number of carbonyl (C=O) groups is 1. The normalized spacial score (nSPS) is 27.4. The van der Waals surface area contributed by atoms with Gasteiger partial charge in [-0.2, -0.15) is 0 Å². The predicted octanol–water partition coefficient (Wildman–Crippen LogP) is 7.86. The molecule has 256 valence electrons. The molecule has 7 nitrogen and oxygen atoms in total. The second-order valence-corrected chi connectivity index (χ2v) is 14.0. The molecule has 0 spiro atoms. The van der Waals surface area contributed by atoms with Gasteiger partial charge in [-0.3, -0.25) is 0 Å². The van der Waals surface area contributed by atoms with Crippen LogP contribution in [-0.4, -0.2) is 70.1 Å². The maximum Gasteiger partial charge on any atom is 0.334 e. The quantitative estimate of drug-likeness (QED) is 0.0703. The van der Waals surface area contributed by atoms with Gasteiger partial charge in [0.2, 0.25) is 0 Å². The first kappa shape index (κ1) is 37.5. The van der Waals surface area contributed by atoms with Crippen molar-refractivity contribution in [3.8, 4) is 0 Å². The fraction of sp³-hybridized carbons (Fsp3) is 0.919. The molecule has 0 bridgehead atoms. The van der Waals surface area contributed by atoms with Gasteiger partial charge in [0, 0.05) is 5.57 Å². The summed E-state index contributed by atoms with van der Waals surface area (Å²) in [4.78, 5) is 11.6. The lowest BCUT2D eigenvalue weighted by molar-refractivity contribution is -0.139. The third kappa shape index (κ3) is 14.2. The molecule has 3 heterocycles. The Bertz CT molecular complexity index is 801. The number of cyclic esters (lactones) is 1. The topological polar surface area (TPSA) is 105 Å². The van der Waals surface area contributed by atoms with Crippen LogP contribution < -0.4 is 0 Å². The molecule has 7 heteroatoms. The number of unbranched alkanes of at least 4 members (excludes halogenated alkanes) is 12. The first-order valence-corrected chi connectivity index (χ1v) is 18.6. The van der Waals surface area contributed by atoms with E-state index in [0.717, 1.165) is 108 Å². The zero-order chi connectivity index (χ0) is 31.6. The van der Waals surface area contributed by atoms with Crippen molar-refractivity contribution in [2.45, 2.75) is 217 Å². The second kappa shape index (κ2) is 21.7. The number of carbonyl (C=O) groups excluding carboxylic acids is 1. The first-order valence-electron chi connectivity index (χ1n) is 18.6. The van der Waals surface area contributed by atoms with Crippen molar-refractivity contribution in [1.29, 1.82) is 0 Å². The van der Waals surface area contributed by atoms with Crippen molar-refractivity contribution in [3.63, 3.8) is 0 Å². The average molecular weight is 623 g/mol. The lowest BCUT2D eigenvalue weighted by Crippen LogP contribution is -2.33. The first-order chi connectivity index (χ1) is 21.4. The highest BCUT2D eigenvalue weighted by Crippen LogP contribution is 2.34. The van der Waals surface area contributed by atoms with Gasteiger partial charge in [0.25, 0.3) is 0 Å². The smallest absolute Gasteiger partial charge is 0.334 e. The van der Waals surface area contributed by atoms with Crippen LogP contribution in [0.2, 0.25) is 0 Å². The molecule has 0 aliphatic carbocycles. The number of aliphatic hydroxyl groups excluding tert-OH is 3. The van der Waals surface area contributed by atoms with E-state index in [9.17, 15) is 20.1 Å². The highest BCUT2D eigenvalue weighted by molar-refractivity contribution is 5.90. The van der Waals surface area contributed by atoms with Gasteiger partial charge in [0.05, 0.1) is 42.7 Å². The Kier molecular flexibility index (Phi) is 18.5. The largest absolute Gasteiger partial charge is 0.455 e. The number of hydrogen-bond acceptors (Lipinski definition) is 7. The molecule has 0 saturated carbocycles. The SMILES string of the molecule is CCCCCCCCCC[C@@H](O)[C@H]1CC[C@H]([C@H]2CC[C@@H]([C@H](O)CCCC[C@H](O)CCCCCCCC3=C[C@@H](C)OC3=O)O2)O1. The monoisotopic (exact) mass is 622 g/mol. The lowest BCUT2D eigenvalue weighted by atomic mass is 9.99. The molecule has 2 fully saturated rings. The zero-order valence-electron chi connectivity index (χ0n) is 28.1. The van der Waals surface area contributed by atoms with E-state index >= 15 is 0 Å². The number of ether oxygens (including phenoxy) is 3. The van der Waals surface area contributed by atoms with Gasteiger partial charge >= 0.3 is 5.97 Å². The minimum absolute atomic E-state index is 0.0248. The Morgan fingerprint density at radius 3 is 1.64 bits per heavy atom. The Morgan fingerprint density at radius 2 is 1.11 bits per heavy atom. The molecule has 0 aromatic heterocycles. The van der Waals surface area contributed by atoms with Crippen molar-refractivity contribution < 1.29 is 34.3 Å². The van der Waals surface area contributed by atoms with Crippen molar-refractivity contribution >= 4 is 5.97 Å². The second-order valence-electron chi connectivity index (χ2n) is 14.0. The van der Waals surface area contributed by atoms with Gasteiger partial charge in [0.15, 0.2) is 0 Å². The molecule has 3 aliphatic heterocycles. The van der Waals surface area contributed by atoms with Gasteiger partial charge in [0.1, 0.15) is 6.10 Å². The van der Waals surface area contributed by atoms with Crippen LogP contribution in [0.15, 0.2) is 11.6 Å². The van der Waals surface area contributed by atoms with E-state index in [2.05, 4.69) is 6.92 Å². The molecule has 0 aromatic rings. The molecular weight excluding hydrogens is 556 g/mol. The van der Waals surface area contributed by atoms with Crippen LogP contribution in [0.4, 0.5) is 0 Å². The fourth-order valence-corrected chi connectivity index (χ4v) is 7.27. The van der Waals surface area contributed by atoms with E-state index in [1.807, 2.05) is 13.0 Å².